The summed E-state index contributed by atoms with van der Waals surface area (Å²) in [7, 11) is 0. The molecule has 1 amide bonds. The summed E-state index contributed by atoms with van der Waals surface area (Å²) in [6.45, 7) is 7.85. The first-order valence-corrected chi connectivity index (χ1v) is 7.52. The van der Waals surface area contributed by atoms with Gasteiger partial charge in [0.2, 0.25) is 5.91 Å². The van der Waals surface area contributed by atoms with Gasteiger partial charge in [-0.05, 0) is 24.7 Å². The molecule has 1 aliphatic carbocycles. The molecule has 0 spiro atoms. The smallest absolute Gasteiger partial charge is 0.307 e. The maximum absolute atomic E-state index is 12.5. The molecule has 20 heavy (non-hydrogen) atoms. The number of nitrogens with zero attached hydrogens (tertiary/aromatic N) is 1. The molecule has 1 unspecified atom stereocenters. The summed E-state index contributed by atoms with van der Waals surface area (Å²) in [6.07, 6.45) is 3.00. The third-order valence-electron chi connectivity index (χ3n) is 4.61. The maximum atomic E-state index is 12.5. The summed E-state index contributed by atoms with van der Waals surface area (Å²) in [4.78, 5) is 25.5. The van der Waals surface area contributed by atoms with Crippen molar-refractivity contribution in [3.63, 3.8) is 0 Å². The summed E-state index contributed by atoms with van der Waals surface area (Å²) in [5.41, 5.74) is -0.417. The van der Waals surface area contributed by atoms with E-state index in [4.69, 9.17) is 4.74 Å². The van der Waals surface area contributed by atoms with Crippen LogP contribution in [-0.4, -0.2) is 47.7 Å². The zero-order chi connectivity index (χ0) is 14.9. The van der Waals surface area contributed by atoms with Gasteiger partial charge in [0.05, 0.1) is 17.9 Å². The SMILES string of the molecule is CCCOC1CCCN(C(=O)[C@H]2[C@@H](C(=O)O)C2(C)C)C1. The number of carbonyl (C=O) groups is 2. The molecule has 2 rings (SSSR count). The predicted octanol–water partition coefficient (Wildman–Crippen LogP) is 1.76. The molecule has 2 fully saturated rings. The summed E-state index contributed by atoms with van der Waals surface area (Å²) in [5, 5.41) is 9.18. The van der Waals surface area contributed by atoms with Crippen molar-refractivity contribution in [2.45, 2.75) is 46.1 Å². The molecule has 0 aromatic carbocycles. The van der Waals surface area contributed by atoms with Crippen molar-refractivity contribution in [1.29, 1.82) is 0 Å². The van der Waals surface area contributed by atoms with Crippen LogP contribution in [0.15, 0.2) is 0 Å². The predicted molar refractivity (Wildman–Crippen MR) is 74.2 cm³/mol. The molecule has 5 nitrogen and oxygen atoms in total. The lowest BCUT2D eigenvalue weighted by molar-refractivity contribution is -0.143. The van der Waals surface area contributed by atoms with Crippen LogP contribution in [0.5, 0.6) is 0 Å². The average molecular weight is 283 g/mol. The van der Waals surface area contributed by atoms with Gasteiger partial charge < -0.3 is 14.7 Å². The molecule has 5 heteroatoms. The van der Waals surface area contributed by atoms with Gasteiger partial charge in [0.25, 0.3) is 0 Å². The van der Waals surface area contributed by atoms with E-state index in [1.54, 1.807) is 4.90 Å². The Bertz CT molecular complexity index is 393. The van der Waals surface area contributed by atoms with Crippen molar-refractivity contribution >= 4 is 11.9 Å². The summed E-state index contributed by atoms with van der Waals surface area (Å²) in [6, 6.07) is 0. The highest BCUT2D eigenvalue weighted by Gasteiger charge is 2.66. The lowest BCUT2D eigenvalue weighted by Gasteiger charge is -2.33. The Balaban J connectivity index is 1.94. The van der Waals surface area contributed by atoms with Crippen molar-refractivity contribution in [3.8, 4) is 0 Å². The first-order valence-electron chi connectivity index (χ1n) is 7.52. The Hall–Kier alpha value is -1.10. The fourth-order valence-corrected chi connectivity index (χ4v) is 3.32. The Morgan fingerprint density at radius 1 is 1.35 bits per heavy atom. The molecule has 2 aliphatic rings. The fraction of sp³-hybridized carbons (Fsp3) is 0.867. The van der Waals surface area contributed by atoms with E-state index in [0.29, 0.717) is 6.54 Å². The second-order valence-electron chi connectivity index (χ2n) is 6.53. The van der Waals surface area contributed by atoms with Crippen LogP contribution in [0.4, 0.5) is 0 Å². The van der Waals surface area contributed by atoms with Gasteiger partial charge in [-0.2, -0.15) is 0 Å². The number of hydrogen-bond acceptors (Lipinski definition) is 3. The highest BCUT2D eigenvalue weighted by Crippen LogP contribution is 2.59. The number of hydrogen-bond donors (Lipinski definition) is 1. The first kappa shape index (κ1) is 15.3. The minimum Gasteiger partial charge on any atom is -0.481 e. The summed E-state index contributed by atoms with van der Waals surface area (Å²) >= 11 is 0. The highest BCUT2D eigenvalue weighted by molar-refractivity contribution is 5.91. The Morgan fingerprint density at radius 2 is 2.05 bits per heavy atom. The molecule has 3 atom stereocenters. The van der Waals surface area contributed by atoms with Crippen LogP contribution in [0.2, 0.25) is 0 Å². The van der Waals surface area contributed by atoms with Gasteiger partial charge in [0, 0.05) is 19.7 Å². The van der Waals surface area contributed by atoms with Crippen molar-refractivity contribution in [3.05, 3.63) is 0 Å². The lowest BCUT2D eigenvalue weighted by Crippen LogP contribution is -2.44. The van der Waals surface area contributed by atoms with E-state index >= 15 is 0 Å². The van der Waals surface area contributed by atoms with E-state index in [0.717, 1.165) is 32.4 Å². The molecule has 0 aromatic rings. The van der Waals surface area contributed by atoms with Crippen LogP contribution in [0.1, 0.15) is 40.0 Å². The number of rotatable bonds is 5. The van der Waals surface area contributed by atoms with Crippen molar-refractivity contribution < 1.29 is 19.4 Å². The van der Waals surface area contributed by atoms with Gasteiger partial charge in [-0.25, -0.2) is 0 Å². The zero-order valence-corrected chi connectivity index (χ0v) is 12.6. The van der Waals surface area contributed by atoms with E-state index in [9.17, 15) is 14.7 Å². The molecule has 1 saturated heterocycles. The second kappa shape index (κ2) is 5.72. The number of aliphatic carboxylic acids is 1. The minimum absolute atomic E-state index is 0.00722. The van der Waals surface area contributed by atoms with Crippen molar-refractivity contribution in [2.75, 3.05) is 19.7 Å². The number of carbonyl (C=O) groups excluding carboxylic acids is 1. The van der Waals surface area contributed by atoms with E-state index in [1.807, 2.05) is 13.8 Å². The van der Waals surface area contributed by atoms with E-state index in [1.165, 1.54) is 0 Å². The molecule has 1 aliphatic heterocycles. The fourth-order valence-electron chi connectivity index (χ4n) is 3.32. The molecular weight excluding hydrogens is 258 g/mol. The first-order chi connectivity index (χ1) is 9.39. The molecular formula is C15H25NO4. The Morgan fingerprint density at radius 3 is 2.60 bits per heavy atom. The minimum atomic E-state index is -0.857. The average Bonchev–Trinajstić information content (AvgIpc) is 2.99. The second-order valence-corrected chi connectivity index (χ2v) is 6.53. The molecule has 1 saturated carbocycles. The van der Waals surface area contributed by atoms with Gasteiger partial charge in [0.1, 0.15) is 0 Å². The van der Waals surface area contributed by atoms with Crippen LogP contribution >= 0.6 is 0 Å². The monoisotopic (exact) mass is 283 g/mol. The standard InChI is InChI=1S/C15H25NO4/c1-4-8-20-10-6-5-7-16(9-10)13(17)11-12(14(18)19)15(11,2)3/h10-12H,4-9H2,1-3H3,(H,18,19)/t10?,11-,12+/m1/s1. The number of ether oxygens (including phenoxy) is 1. The number of carboxylic acid groups (broad SMARTS) is 1. The van der Waals surface area contributed by atoms with E-state index in [2.05, 4.69) is 6.92 Å². The number of likely N-dealkylation sites (tertiary alicyclic amines) is 1. The van der Waals surface area contributed by atoms with Crippen LogP contribution in [0, 0.1) is 17.3 Å². The van der Waals surface area contributed by atoms with Gasteiger partial charge in [0.15, 0.2) is 0 Å². The van der Waals surface area contributed by atoms with Crippen LogP contribution in [0.3, 0.4) is 0 Å². The molecule has 0 bridgehead atoms. The van der Waals surface area contributed by atoms with Gasteiger partial charge >= 0.3 is 5.97 Å². The molecule has 0 radical (unpaired) electrons. The maximum Gasteiger partial charge on any atom is 0.307 e. The number of amides is 1. The van der Waals surface area contributed by atoms with Gasteiger partial charge in [-0.15, -0.1) is 0 Å². The third-order valence-corrected chi connectivity index (χ3v) is 4.61. The zero-order valence-electron chi connectivity index (χ0n) is 12.6. The normalized spacial score (nSPS) is 31.9. The largest absolute Gasteiger partial charge is 0.481 e. The van der Waals surface area contributed by atoms with Gasteiger partial charge in [-0.1, -0.05) is 20.8 Å². The molecule has 1 heterocycles. The van der Waals surface area contributed by atoms with Crippen LogP contribution in [-0.2, 0) is 14.3 Å². The Kier molecular flexibility index (Phi) is 4.37. The Labute approximate surface area is 120 Å². The third kappa shape index (κ3) is 2.82. The molecule has 1 N–H and O–H groups in total. The molecule has 114 valence electrons. The summed E-state index contributed by atoms with van der Waals surface area (Å²) in [5.74, 6) is -1.77. The van der Waals surface area contributed by atoms with Crippen molar-refractivity contribution in [2.24, 2.45) is 17.3 Å². The van der Waals surface area contributed by atoms with Gasteiger partial charge in [-0.3, -0.25) is 9.59 Å². The number of piperidine rings is 1. The molecule has 0 aromatic heterocycles. The summed E-state index contributed by atoms with van der Waals surface area (Å²) < 4.78 is 5.73. The lowest BCUT2D eigenvalue weighted by atomic mass is 10.1. The van der Waals surface area contributed by atoms with E-state index in [-0.39, 0.29) is 17.9 Å². The highest BCUT2D eigenvalue weighted by atomic mass is 16.5. The van der Waals surface area contributed by atoms with Crippen LogP contribution in [0.25, 0.3) is 0 Å². The quantitative estimate of drug-likeness (QED) is 0.835. The topological polar surface area (TPSA) is 66.8 Å². The van der Waals surface area contributed by atoms with Crippen molar-refractivity contribution in [1.82, 2.24) is 4.90 Å². The number of carboxylic acids is 1. The van der Waals surface area contributed by atoms with Crippen LogP contribution < -0.4 is 0 Å². The van der Waals surface area contributed by atoms with E-state index < -0.39 is 17.3 Å².